The van der Waals surface area contributed by atoms with Gasteiger partial charge in [-0.25, -0.2) is 0 Å². The molecule has 1 N–H and O–H groups in total. The molecule has 102 valence electrons. The van der Waals surface area contributed by atoms with Gasteiger partial charge in [-0.2, -0.15) is 0 Å². The second kappa shape index (κ2) is 5.87. The van der Waals surface area contributed by atoms with Crippen LogP contribution >= 0.6 is 0 Å². The number of hydrogen-bond donors (Lipinski definition) is 1. The van der Waals surface area contributed by atoms with Gasteiger partial charge in [-0.3, -0.25) is 0 Å². The summed E-state index contributed by atoms with van der Waals surface area (Å²) in [6.45, 7) is 8.78. The van der Waals surface area contributed by atoms with Crippen LogP contribution in [-0.2, 0) is 0 Å². The molecular weight excluding hydrogens is 238 g/mol. The maximum absolute atomic E-state index is 5.24. The lowest BCUT2D eigenvalue weighted by Gasteiger charge is -2.23. The molecule has 0 saturated heterocycles. The van der Waals surface area contributed by atoms with Gasteiger partial charge in [-0.05, 0) is 37.0 Å². The molecule has 1 heterocycles. The number of nitrogens with zero attached hydrogens (tertiary/aromatic N) is 2. The Morgan fingerprint density at radius 1 is 1.32 bits per heavy atom. The van der Waals surface area contributed by atoms with Crippen molar-refractivity contribution in [2.75, 3.05) is 5.32 Å². The highest BCUT2D eigenvalue weighted by Gasteiger charge is 2.13. The molecule has 0 aliphatic heterocycles. The molecule has 0 amide bonds. The monoisotopic (exact) mass is 259 g/mol. The van der Waals surface area contributed by atoms with Gasteiger partial charge in [0.15, 0.2) is 0 Å². The van der Waals surface area contributed by atoms with Crippen molar-refractivity contribution in [3.8, 4) is 11.5 Å². The molecule has 1 aromatic heterocycles. The van der Waals surface area contributed by atoms with Crippen LogP contribution in [0.4, 0.5) is 5.69 Å². The van der Waals surface area contributed by atoms with Crippen LogP contribution in [0.15, 0.2) is 29.0 Å². The molecule has 1 atom stereocenters. The zero-order valence-corrected chi connectivity index (χ0v) is 12.0. The van der Waals surface area contributed by atoms with E-state index in [1.54, 1.807) is 0 Å². The van der Waals surface area contributed by atoms with Crippen LogP contribution < -0.4 is 5.32 Å². The maximum atomic E-state index is 5.24. The van der Waals surface area contributed by atoms with E-state index < -0.39 is 0 Å². The number of aryl methyl sites for hydroxylation is 1. The van der Waals surface area contributed by atoms with Crippen molar-refractivity contribution in [3.63, 3.8) is 0 Å². The first-order valence-electron chi connectivity index (χ1n) is 6.75. The van der Waals surface area contributed by atoms with Crippen LogP contribution in [0, 0.1) is 12.8 Å². The van der Waals surface area contributed by atoms with E-state index in [9.17, 15) is 0 Å². The van der Waals surface area contributed by atoms with E-state index in [4.69, 9.17) is 4.42 Å². The summed E-state index contributed by atoms with van der Waals surface area (Å²) in [7, 11) is 0. The second-order valence-electron chi connectivity index (χ2n) is 5.18. The predicted octanol–water partition coefficient (Wildman–Crippen LogP) is 3.89. The third kappa shape index (κ3) is 3.13. The summed E-state index contributed by atoms with van der Waals surface area (Å²) in [6.07, 6.45) is 2.45. The van der Waals surface area contributed by atoms with Gasteiger partial charge in [0.05, 0.1) is 0 Å². The smallest absolute Gasteiger partial charge is 0.247 e. The van der Waals surface area contributed by atoms with Gasteiger partial charge < -0.3 is 9.73 Å². The number of aromatic nitrogens is 2. The van der Waals surface area contributed by atoms with Crippen LogP contribution in [-0.4, -0.2) is 16.2 Å². The molecule has 1 aromatic carbocycles. The molecule has 2 rings (SSSR count). The van der Waals surface area contributed by atoms with E-state index in [0.29, 0.717) is 17.9 Å². The standard InChI is InChI=1S/C15H21N3O/c1-5-13(10(2)3)17-14-8-12(7-6-11(14)4)15-18-16-9-19-15/h6-10,13,17H,5H2,1-4H3. The Morgan fingerprint density at radius 2 is 2.11 bits per heavy atom. The summed E-state index contributed by atoms with van der Waals surface area (Å²) in [6, 6.07) is 6.63. The van der Waals surface area contributed by atoms with Gasteiger partial charge in [-0.1, -0.05) is 26.8 Å². The molecule has 0 radical (unpaired) electrons. The summed E-state index contributed by atoms with van der Waals surface area (Å²) >= 11 is 0. The molecule has 0 saturated carbocycles. The second-order valence-corrected chi connectivity index (χ2v) is 5.18. The highest BCUT2D eigenvalue weighted by atomic mass is 16.4. The quantitative estimate of drug-likeness (QED) is 0.885. The van der Waals surface area contributed by atoms with Gasteiger partial charge in [0, 0.05) is 17.3 Å². The molecule has 0 spiro atoms. The molecule has 2 aromatic rings. The van der Waals surface area contributed by atoms with Crippen molar-refractivity contribution in [3.05, 3.63) is 30.2 Å². The van der Waals surface area contributed by atoms with Crippen molar-refractivity contribution >= 4 is 5.69 Å². The summed E-state index contributed by atoms with van der Waals surface area (Å²) in [5.74, 6) is 1.15. The zero-order chi connectivity index (χ0) is 13.8. The number of benzene rings is 1. The number of rotatable bonds is 5. The molecule has 4 heteroatoms. The summed E-state index contributed by atoms with van der Waals surface area (Å²) in [4.78, 5) is 0. The number of nitrogens with one attached hydrogen (secondary N) is 1. The topological polar surface area (TPSA) is 51.0 Å². The Bertz CT molecular complexity index is 520. The van der Waals surface area contributed by atoms with E-state index in [2.05, 4.69) is 55.3 Å². The van der Waals surface area contributed by atoms with Crippen LogP contribution in [0.3, 0.4) is 0 Å². The van der Waals surface area contributed by atoms with E-state index in [1.807, 2.05) is 6.07 Å². The number of hydrogen-bond acceptors (Lipinski definition) is 4. The summed E-state index contributed by atoms with van der Waals surface area (Å²) in [5.41, 5.74) is 3.31. The van der Waals surface area contributed by atoms with Crippen molar-refractivity contribution in [2.24, 2.45) is 5.92 Å². The average molecular weight is 259 g/mol. The Balaban J connectivity index is 2.27. The first-order chi connectivity index (χ1) is 9.11. The Morgan fingerprint density at radius 3 is 2.68 bits per heavy atom. The van der Waals surface area contributed by atoms with Gasteiger partial charge in [0.1, 0.15) is 0 Å². The van der Waals surface area contributed by atoms with Crippen LogP contribution in [0.5, 0.6) is 0 Å². The lowest BCUT2D eigenvalue weighted by Crippen LogP contribution is -2.24. The highest BCUT2D eigenvalue weighted by Crippen LogP contribution is 2.25. The lowest BCUT2D eigenvalue weighted by atomic mass is 10.0. The molecular formula is C15H21N3O. The van der Waals surface area contributed by atoms with Gasteiger partial charge in [-0.15, -0.1) is 10.2 Å². The van der Waals surface area contributed by atoms with Gasteiger partial charge in [0.25, 0.3) is 0 Å². The van der Waals surface area contributed by atoms with Crippen molar-refractivity contribution < 1.29 is 4.42 Å². The molecule has 0 bridgehead atoms. The molecule has 0 aliphatic rings. The van der Waals surface area contributed by atoms with E-state index in [1.165, 1.54) is 12.0 Å². The fraction of sp³-hybridized carbons (Fsp3) is 0.467. The molecule has 0 fully saturated rings. The summed E-state index contributed by atoms with van der Waals surface area (Å²) < 4.78 is 5.24. The predicted molar refractivity (Wildman–Crippen MR) is 77.0 cm³/mol. The molecule has 19 heavy (non-hydrogen) atoms. The molecule has 1 unspecified atom stereocenters. The Labute approximate surface area is 114 Å². The zero-order valence-electron chi connectivity index (χ0n) is 12.0. The minimum Gasteiger partial charge on any atom is -0.423 e. The number of anilines is 1. The lowest BCUT2D eigenvalue weighted by molar-refractivity contribution is 0.511. The third-order valence-corrected chi connectivity index (χ3v) is 3.43. The SMILES string of the molecule is CCC(Nc1cc(-c2nnco2)ccc1C)C(C)C. The van der Waals surface area contributed by atoms with E-state index in [-0.39, 0.29) is 0 Å². The fourth-order valence-electron chi connectivity index (χ4n) is 2.15. The van der Waals surface area contributed by atoms with Crippen LogP contribution in [0.2, 0.25) is 0 Å². The van der Waals surface area contributed by atoms with Gasteiger partial charge in [0.2, 0.25) is 12.3 Å². The fourth-order valence-corrected chi connectivity index (χ4v) is 2.15. The van der Waals surface area contributed by atoms with E-state index in [0.717, 1.165) is 17.7 Å². The first-order valence-corrected chi connectivity index (χ1v) is 6.75. The maximum Gasteiger partial charge on any atom is 0.247 e. The highest BCUT2D eigenvalue weighted by molar-refractivity contribution is 5.64. The molecule has 4 nitrogen and oxygen atoms in total. The Kier molecular flexibility index (Phi) is 4.20. The Hall–Kier alpha value is -1.84. The largest absolute Gasteiger partial charge is 0.423 e. The normalized spacial score (nSPS) is 12.7. The van der Waals surface area contributed by atoms with Gasteiger partial charge >= 0.3 is 0 Å². The average Bonchev–Trinajstić information content (AvgIpc) is 2.91. The minimum atomic E-state index is 0.469. The van der Waals surface area contributed by atoms with Crippen LogP contribution in [0.1, 0.15) is 32.8 Å². The van der Waals surface area contributed by atoms with E-state index >= 15 is 0 Å². The minimum absolute atomic E-state index is 0.469. The van der Waals surface area contributed by atoms with Crippen molar-refractivity contribution in [1.82, 2.24) is 10.2 Å². The first kappa shape index (κ1) is 13.6. The third-order valence-electron chi connectivity index (χ3n) is 3.43. The van der Waals surface area contributed by atoms with Crippen molar-refractivity contribution in [2.45, 2.75) is 40.2 Å². The van der Waals surface area contributed by atoms with Crippen LogP contribution in [0.25, 0.3) is 11.5 Å². The molecule has 0 aliphatic carbocycles. The summed E-state index contributed by atoms with van der Waals surface area (Å²) in [5, 5.41) is 11.3. The van der Waals surface area contributed by atoms with Crippen molar-refractivity contribution in [1.29, 1.82) is 0 Å².